The third-order valence-electron chi connectivity index (χ3n) is 3.62. The Bertz CT molecular complexity index is 729. The first-order valence-electron chi connectivity index (χ1n) is 8.20. The molecule has 138 valence electrons. The van der Waals surface area contributed by atoms with Gasteiger partial charge in [-0.2, -0.15) is 0 Å². The minimum absolute atomic E-state index is 0.190. The van der Waals surface area contributed by atoms with E-state index in [0.29, 0.717) is 12.4 Å². The second-order valence-electron chi connectivity index (χ2n) is 5.38. The van der Waals surface area contributed by atoms with Gasteiger partial charge in [0, 0.05) is 12.1 Å². The molecule has 0 aliphatic rings. The molecule has 0 heterocycles. The zero-order chi connectivity index (χ0) is 18.9. The molecule has 0 saturated carbocycles. The van der Waals surface area contributed by atoms with E-state index in [-0.39, 0.29) is 30.1 Å². The molecule has 6 heteroatoms. The van der Waals surface area contributed by atoms with E-state index in [0.717, 1.165) is 5.56 Å². The van der Waals surface area contributed by atoms with Crippen LogP contribution in [0.3, 0.4) is 0 Å². The lowest BCUT2D eigenvalue weighted by molar-refractivity contribution is -0.141. The quantitative estimate of drug-likeness (QED) is 0.389. The number of rotatable bonds is 9. The summed E-state index contributed by atoms with van der Waals surface area (Å²) in [7, 11) is 2.88. The monoisotopic (exact) mass is 358 g/mol. The molecular formula is C20H22O6. The Labute approximate surface area is 152 Å². The summed E-state index contributed by atoms with van der Waals surface area (Å²) in [4.78, 5) is 24.1. The van der Waals surface area contributed by atoms with Crippen molar-refractivity contribution in [1.29, 1.82) is 0 Å². The van der Waals surface area contributed by atoms with Crippen LogP contribution >= 0.6 is 0 Å². The van der Waals surface area contributed by atoms with Gasteiger partial charge in [-0.25, -0.2) is 0 Å². The molecule has 0 spiro atoms. The van der Waals surface area contributed by atoms with E-state index in [9.17, 15) is 9.59 Å². The molecule has 0 atom stereocenters. The molecule has 0 unspecified atom stereocenters. The highest BCUT2D eigenvalue weighted by molar-refractivity contribution is 6.09. The highest BCUT2D eigenvalue weighted by atomic mass is 16.5. The van der Waals surface area contributed by atoms with Crippen LogP contribution in [0.25, 0.3) is 0 Å². The van der Waals surface area contributed by atoms with E-state index >= 15 is 0 Å². The van der Waals surface area contributed by atoms with E-state index < -0.39 is 11.8 Å². The largest absolute Gasteiger partial charge is 0.496 e. The number of methoxy groups -OCH3 is 2. The molecule has 0 aliphatic carbocycles. The predicted molar refractivity (Wildman–Crippen MR) is 95.9 cm³/mol. The maximum Gasteiger partial charge on any atom is 0.313 e. The number of ether oxygens (including phenoxy) is 4. The fraction of sp³-hybridized carbons (Fsp3) is 0.300. The van der Waals surface area contributed by atoms with Crippen LogP contribution in [0.1, 0.15) is 29.3 Å². The Morgan fingerprint density at radius 2 is 1.58 bits per heavy atom. The highest BCUT2D eigenvalue weighted by Crippen LogP contribution is 2.35. The molecule has 2 aromatic carbocycles. The van der Waals surface area contributed by atoms with Gasteiger partial charge in [0.25, 0.3) is 0 Å². The normalized spacial score (nSPS) is 10.1. The van der Waals surface area contributed by atoms with Crippen molar-refractivity contribution in [3.8, 4) is 17.2 Å². The number of hydrogen-bond donors (Lipinski definition) is 0. The Hall–Kier alpha value is -3.02. The molecular weight excluding hydrogens is 336 g/mol. The van der Waals surface area contributed by atoms with Crippen LogP contribution in [0.2, 0.25) is 0 Å². The van der Waals surface area contributed by atoms with Gasteiger partial charge in [-0.3, -0.25) is 9.59 Å². The Kier molecular flexibility index (Phi) is 7.02. The molecule has 0 N–H and O–H groups in total. The van der Waals surface area contributed by atoms with Crippen LogP contribution in [0.5, 0.6) is 17.2 Å². The molecule has 0 bridgehead atoms. The summed E-state index contributed by atoms with van der Waals surface area (Å²) in [6, 6.07) is 12.9. The van der Waals surface area contributed by atoms with E-state index in [1.165, 1.54) is 14.2 Å². The number of benzene rings is 2. The molecule has 2 rings (SSSR count). The molecule has 0 amide bonds. The SMILES string of the molecule is CCOC(=O)CC(=O)c1c(OC)cc(OCc2ccccc2)cc1OC. The number of Topliss-reactive ketones (excluding diaryl/α,β-unsaturated/α-hetero) is 1. The smallest absolute Gasteiger partial charge is 0.313 e. The Balaban J connectivity index is 2.23. The van der Waals surface area contributed by atoms with Gasteiger partial charge in [0.05, 0.1) is 20.8 Å². The minimum Gasteiger partial charge on any atom is -0.496 e. The van der Waals surface area contributed by atoms with Crippen LogP contribution in [0.15, 0.2) is 42.5 Å². The molecule has 0 aliphatic heterocycles. The summed E-state index contributed by atoms with van der Waals surface area (Å²) in [5.74, 6) is 0.0245. The number of carbonyl (C=O) groups excluding carboxylic acids is 2. The average molecular weight is 358 g/mol. The molecule has 0 radical (unpaired) electrons. The van der Waals surface area contributed by atoms with E-state index in [2.05, 4.69) is 0 Å². The molecule has 0 saturated heterocycles. The molecule has 0 fully saturated rings. The summed E-state index contributed by atoms with van der Waals surface area (Å²) in [5.41, 5.74) is 1.20. The van der Waals surface area contributed by atoms with E-state index in [1.54, 1.807) is 19.1 Å². The van der Waals surface area contributed by atoms with Crippen LogP contribution in [-0.2, 0) is 16.1 Å². The lowest BCUT2D eigenvalue weighted by Crippen LogP contribution is -2.13. The zero-order valence-corrected chi connectivity index (χ0v) is 15.1. The van der Waals surface area contributed by atoms with Gasteiger partial charge in [-0.15, -0.1) is 0 Å². The van der Waals surface area contributed by atoms with Gasteiger partial charge in [-0.1, -0.05) is 30.3 Å². The van der Waals surface area contributed by atoms with Crippen LogP contribution in [0, 0.1) is 0 Å². The summed E-state index contributed by atoms with van der Waals surface area (Å²) in [5, 5.41) is 0. The van der Waals surface area contributed by atoms with Gasteiger partial charge in [-0.05, 0) is 12.5 Å². The fourth-order valence-electron chi connectivity index (χ4n) is 2.42. The Morgan fingerprint density at radius 1 is 0.962 bits per heavy atom. The second kappa shape index (κ2) is 9.46. The number of ketones is 1. The van der Waals surface area contributed by atoms with Crippen LogP contribution in [0.4, 0.5) is 0 Å². The molecule has 2 aromatic rings. The Morgan fingerprint density at radius 3 is 2.12 bits per heavy atom. The van der Waals surface area contributed by atoms with Crippen LogP contribution in [-0.4, -0.2) is 32.6 Å². The standard InChI is InChI=1S/C20H22O6/c1-4-25-19(22)12-16(21)20-17(23-2)10-15(11-18(20)24-3)26-13-14-8-6-5-7-9-14/h5-11H,4,12-13H2,1-3H3. The van der Waals surface area contributed by atoms with Gasteiger partial charge in [0.15, 0.2) is 5.78 Å². The summed E-state index contributed by atoms with van der Waals surface area (Å²) in [6.07, 6.45) is -0.384. The van der Waals surface area contributed by atoms with Crippen molar-refractivity contribution >= 4 is 11.8 Å². The maximum atomic E-state index is 12.5. The van der Waals surface area contributed by atoms with Crippen molar-refractivity contribution in [3.63, 3.8) is 0 Å². The van der Waals surface area contributed by atoms with Crippen molar-refractivity contribution < 1.29 is 28.5 Å². The topological polar surface area (TPSA) is 71.1 Å². The number of carbonyl (C=O) groups is 2. The lowest BCUT2D eigenvalue weighted by atomic mass is 10.1. The fourth-order valence-corrected chi connectivity index (χ4v) is 2.42. The van der Waals surface area contributed by atoms with Crippen molar-refractivity contribution in [2.24, 2.45) is 0 Å². The molecule has 0 aromatic heterocycles. The number of hydrogen-bond acceptors (Lipinski definition) is 6. The van der Waals surface area contributed by atoms with Gasteiger partial charge >= 0.3 is 5.97 Å². The molecule has 26 heavy (non-hydrogen) atoms. The zero-order valence-electron chi connectivity index (χ0n) is 15.1. The maximum absolute atomic E-state index is 12.5. The first-order chi connectivity index (χ1) is 12.6. The molecule has 6 nitrogen and oxygen atoms in total. The third kappa shape index (κ3) is 4.99. The number of esters is 1. The summed E-state index contributed by atoms with van der Waals surface area (Å²) < 4.78 is 21.2. The van der Waals surface area contributed by atoms with Gasteiger partial charge in [0.1, 0.15) is 35.8 Å². The van der Waals surface area contributed by atoms with Crippen LogP contribution < -0.4 is 14.2 Å². The highest BCUT2D eigenvalue weighted by Gasteiger charge is 2.23. The van der Waals surface area contributed by atoms with Gasteiger partial charge < -0.3 is 18.9 Å². The van der Waals surface area contributed by atoms with Gasteiger partial charge in [0.2, 0.25) is 0 Å². The lowest BCUT2D eigenvalue weighted by Gasteiger charge is -2.15. The minimum atomic E-state index is -0.592. The summed E-state index contributed by atoms with van der Waals surface area (Å²) in [6.45, 7) is 2.26. The summed E-state index contributed by atoms with van der Waals surface area (Å²) >= 11 is 0. The van der Waals surface area contributed by atoms with Crippen molar-refractivity contribution in [2.45, 2.75) is 20.0 Å². The van der Waals surface area contributed by atoms with E-state index in [4.69, 9.17) is 18.9 Å². The van der Waals surface area contributed by atoms with E-state index in [1.807, 2.05) is 30.3 Å². The second-order valence-corrected chi connectivity index (χ2v) is 5.38. The van der Waals surface area contributed by atoms with Crippen molar-refractivity contribution in [2.75, 3.05) is 20.8 Å². The first kappa shape index (κ1) is 19.3. The van der Waals surface area contributed by atoms with Crippen molar-refractivity contribution in [1.82, 2.24) is 0 Å². The van der Waals surface area contributed by atoms with Crippen molar-refractivity contribution in [3.05, 3.63) is 53.6 Å². The first-order valence-corrected chi connectivity index (χ1v) is 8.20. The predicted octanol–water partition coefficient (Wildman–Crippen LogP) is 3.42. The third-order valence-corrected chi connectivity index (χ3v) is 3.62. The average Bonchev–Trinajstić information content (AvgIpc) is 2.66.